The van der Waals surface area contributed by atoms with Crippen molar-refractivity contribution in [3.8, 4) is 0 Å². The maximum Gasteiger partial charge on any atom is 0.189 e. The summed E-state index contributed by atoms with van der Waals surface area (Å²) in [5.74, 6) is 0.609. The van der Waals surface area contributed by atoms with E-state index in [-0.39, 0.29) is 0 Å². The van der Waals surface area contributed by atoms with Crippen molar-refractivity contribution in [1.29, 1.82) is 0 Å². The van der Waals surface area contributed by atoms with Gasteiger partial charge in [-0.3, -0.25) is 4.99 Å². The molecule has 0 aromatic heterocycles. The molecule has 1 heterocycles. The van der Waals surface area contributed by atoms with Crippen molar-refractivity contribution in [3.05, 3.63) is 0 Å². The minimum Gasteiger partial charge on any atom is -0.379 e. The summed E-state index contributed by atoms with van der Waals surface area (Å²) in [5.41, 5.74) is 5.87. The van der Waals surface area contributed by atoms with Crippen molar-refractivity contribution < 1.29 is 4.74 Å². The van der Waals surface area contributed by atoms with Crippen LogP contribution in [0.2, 0.25) is 0 Å². The van der Waals surface area contributed by atoms with Crippen LogP contribution >= 0.6 is 0 Å². The number of nitrogens with two attached hydrogens (primary N) is 1. The van der Waals surface area contributed by atoms with Crippen LogP contribution in [0.15, 0.2) is 4.99 Å². The largest absolute Gasteiger partial charge is 0.379 e. The van der Waals surface area contributed by atoms with Crippen molar-refractivity contribution in [2.45, 2.75) is 50.6 Å². The van der Waals surface area contributed by atoms with E-state index in [2.05, 4.69) is 10.3 Å². The quantitative estimate of drug-likeness (QED) is 0.529. The first kappa shape index (κ1) is 10.7. The van der Waals surface area contributed by atoms with Crippen molar-refractivity contribution in [3.63, 3.8) is 0 Å². The lowest BCUT2D eigenvalue weighted by Crippen LogP contribution is -2.44. The first-order chi connectivity index (χ1) is 7.34. The molecule has 0 amide bonds. The van der Waals surface area contributed by atoms with Crippen LogP contribution in [0.25, 0.3) is 0 Å². The molecule has 2 rings (SSSR count). The molecule has 2 aliphatic rings. The van der Waals surface area contributed by atoms with E-state index in [1.807, 2.05) is 0 Å². The maximum absolute atomic E-state index is 5.87. The summed E-state index contributed by atoms with van der Waals surface area (Å²) in [5, 5.41) is 3.25. The zero-order chi connectivity index (χ0) is 10.5. The highest BCUT2D eigenvalue weighted by Crippen LogP contribution is 2.20. The normalized spacial score (nSPS) is 29.3. The van der Waals surface area contributed by atoms with E-state index in [1.54, 1.807) is 0 Å². The van der Waals surface area contributed by atoms with Crippen LogP contribution < -0.4 is 11.1 Å². The van der Waals surface area contributed by atoms with Gasteiger partial charge in [0.2, 0.25) is 0 Å². The molecular weight excluding hydrogens is 190 g/mol. The molecule has 0 bridgehead atoms. The molecule has 4 nitrogen and oxygen atoms in total. The summed E-state index contributed by atoms with van der Waals surface area (Å²) in [7, 11) is 0. The van der Waals surface area contributed by atoms with Gasteiger partial charge in [0.05, 0.1) is 18.7 Å². The highest BCUT2D eigenvalue weighted by Gasteiger charge is 2.16. The molecule has 1 aliphatic heterocycles. The fourth-order valence-corrected chi connectivity index (χ4v) is 2.33. The third-order valence-corrected chi connectivity index (χ3v) is 3.16. The summed E-state index contributed by atoms with van der Waals surface area (Å²) in [6.45, 7) is 1.65. The summed E-state index contributed by atoms with van der Waals surface area (Å²) in [4.78, 5) is 4.50. The lowest BCUT2D eigenvalue weighted by atomic mass is 10.1. The van der Waals surface area contributed by atoms with Crippen molar-refractivity contribution in [2.75, 3.05) is 13.2 Å². The number of aliphatic imine (C=N–C) groups is 1. The van der Waals surface area contributed by atoms with Crippen molar-refractivity contribution >= 4 is 5.96 Å². The predicted molar refractivity (Wildman–Crippen MR) is 60.9 cm³/mol. The van der Waals surface area contributed by atoms with Crippen LogP contribution in [0.3, 0.4) is 0 Å². The minimum absolute atomic E-state index is 0.365. The Morgan fingerprint density at radius 2 is 2.00 bits per heavy atom. The first-order valence-corrected chi connectivity index (χ1v) is 6.02. The number of ether oxygens (including phenoxy) is 1. The molecule has 0 radical (unpaired) electrons. The summed E-state index contributed by atoms with van der Waals surface area (Å²) in [6, 6.07) is 0.825. The average molecular weight is 211 g/mol. The van der Waals surface area contributed by atoms with Crippen molar-refractivity contribution in [2.24, 2.45) is 10.7 Å². The van der Waals surface area contributed by atoms with Crippen LogP contribution in [0, 0.1) is 0 Å². The van der Waals surface area contributed by atoms with Gasteiger partial charge < -0.3 is 15.8 Å². The smallest absolute Gasteiger partial charge is 0.189 e. The Labute approximate surface area is 91.3 Å². The van der Waals surface area contributed by atoms with Gasteiger partial charge in [0.25, 0.3) is 0 Å². The molecule has 0 aromatic carbocycles. The van der Waals surface area contributed by atoms with Crippen LogP contribution in [0.1, 0.15) is 38.5 Å². The van der Waals surface area contributed by atoms with E-state index in [0.717, 1.165) is 26.1 Å². The monoisotopic (exact) mass is 211 g/mol. The number of nitrogens with one attached hydrogen (secondary N) is 1. The Bertz CT molecular complexity index is 218. The first-order valence-electron chi connectivity index (χ1n) is 6.02. The summed E-state index contributed by atoms with van der Waals surface area (Å²) in [6.07, 6.45) is 7.25. The highest BCUT2D eigenvalue weighted by atomic mass is 16.5. The molecule has 2 fully saturated rings. The fourth-order valence-electron chi connectivity index (χ4n) is 2.33. The highest BCUT2D eigenvalue weighted by molar-refractivity contribution is 5.78. The molecule has 1 aliphatic carbocycles. The van der Waals surface area contributed by atoms with Crippen LogP contribution in [0.5, 0.6) is 0 Å². The van der Waals surface area contributed by atoms with E-state index < -0.39 is 0 Å². The standard InChI is InChI=1S/C11H21N3O/c12-11(13-9-4-1-2-5-9)14-10-6-3-7-15-8-10/h9-10H,1-8H2,(H3,12,13,14). The lowest BCUT2D eigenvalue weighted by Gasteiger charge is -2.23. The number of nitrogens with zero attached hydrogens (tertiary/aromatic N) is 1. The Morgan fingerprint density at radius 1 is 1.20 bits per heavy atom. The zero-order valence-corrected chi connectivity index (χ0v) is 9.24. The van der Waals surface area contributed by atoms with E-state index in [4.69, 9.17) is 10.5 Å². The second-order valence-corrected chi connectivity index (χ2v) is 4.51. The number of rotatable bonds is 2. The van der Waals surface area contributed by atoms with E-state index >= 15 is 0 Å². The second-order valence-electron chi connectivity index (χ2n) is 4.51. The van der Waals surface area contributed by atoms with Gasteiger partial charge in [0, 0.05) is 6.61 Å². The SMILES string of the molecule is NC(=NC1CCCC1)NC1CCCOC1. The molecule has 15 heavy (non-hydrogen) atoms. The van der Waals surface area contributed by atoms with Crippen LogP contribution in [-0.4, -0.2) is 31.3 Å². The topological polar surface area (TPSA) is 59.6 Å². The van der Waals surface area contributed by atoms with E-state index in [9.17, 15) is 0 Å². The molecule has 0 spiro atoms. The van der Waals surface area contributed by atoms with Crippen LogP contribution in [-0.2, 0) is 4.74 Å². The van der Waals surface area contributed by atoms with Gasteiger partial charge in [-0.2, -0.15) is 0 Å². The Morgan fingerprint density at radius 3 is 2.67 bits per heavy atom. The molecule has 0 aromatic rings. The number of guanidine groups is 1. The van der Waals surface area contributed by atoms with Gasteiger partial charge >= 0.3 is 0 Å². The third kappa shape index (κ3) is 3.38. The molecule has 1 unspecified atom stereocenters. The summed E-state index contributed by atoms with van der Waals surface area (Å²) >= 11 is 0. The fraction of sp³-hybridized carbons (Fsp3) is 0.909. The number of hydrogen-bond acceptors (Lipinski definition) is 2. The molecule has 1 atom stereocenters. The lowest BCUT2D eigenvalue weighted by molar-refractivity contribution is 0.0763. The number of hydrogen-bond donors (Lipinski definition) is 2. The maximum atomic E-state index is 5.87. The molecule has 4 heteroatoms. The molecular formula is C11H21N3O. The van der Waals surface area contributed by atoms with Gasteiger partial charge in [0.1, 0.15) is 0 Å². The van der Waals surface area contributed by atoms with E-state index in [0.29, 0.717) is 18.0 Å². The van der Waals surface area contributed by atoms with Crippen LogP contribution in [0.4, 0.5) is 0 Å². The minimum atomic E-state index is 0.365. The second kappa shape index (κ2) is 5.35. The summed E-state index contributed by atoms with van der Waals surface area (Å²) < 4.78 is 5.38. The molecule has 3 N–H and O–H groups in total. The molecule has 1 saturated carbocycles. The van der Waals surface area contributed by atoms with Gasteiger partial charge in [-0.05, 0) is 25.7 Å². The Balaban J connectivity index is 1.76. The Hall–Kier alpha value is -0.770. The van der Waals surface area contributed by atoms with Gasteiger partial charge in [-0.25, -0.2) is 0 Å². The van der Waals surface area contributed by atoms with E-state index in [1.165, 1.54) is 25.7 Å². The Kier molecular flexibility index (Phi) is 3.83. The third-order valence-electron chi connectivity index (χ3n) is 3.16. The predicted octanol–water partition coefficient (Wildman–Crippen LogP) is 1.01. The van der Waals surface area contributed by atoms with Gasteiger partial charge in [-0.15, -0.1) is 0 Å². The van der Waals surface area contributed by atoms with Crippen molar-refractivity contribution in [1.82, 2.24) is 5.32 Å². The zero-order valence-electron chi connectivity index (χ0n) is 9.24. The molecule has 86 valence electrons. The van der Waals surface area contributed by atoms with Gasteiger partial charge in [0.15, 0.2) is 5.96 Å². The molecule has 1 saturated heterocycles. The average Bonchev–Trinajstić information content (AvgIpc) is 2.71. The van der Waals surface area contributed by atoms with Gasteiger partial charge in [-0.1, -0.05) is 12.8 Å².